The van der Waals surface area contributed by atoms with Crippen molar-refractivity contribution in [3.63, 3.8) is 0 Å². The summed E-state index contributed by atoms with van der Waals surface area (Å²) in [5.74, 6) is 1.60. The number of rotatable bonds is 6. The van der Waals surface area contributed by atoms with Crippen LogP contribution in [0.5, 0.6) is 11.5 Å². The van der Waals surface area contributed by atoms with Gasteiger partial charge in [0.1, 0.15) is 0 Å². The Kier molecular flexibility index (Phi) is 5.39. The lowest BCUT2D eigenvalue weighted by Gasteiger charge is -2.23. The summed E-state index contributed by atoms with van der Waals surface area (Å²) >= 11 is 3.64. The van der Waals surface area contributed by atoms with Gasteiger partial charge in [0.25, 0.3) is 0 Å². The minimum Gasteiger partial charge on any atom is -0.454 e. The molecule has 0 fully saturated rings. The molecular formula is C19H19BrN2O2. The maximum Gasteiger partial charge on any atom is 0.231 e. The monoisotopic (exact) mass is 386 g/mol. The highest BCUT2D eigenvalue weighted by Gasteiger charge is 2.17. The van der Waals surface area contributed by atoms with Gasteiger partial charge in [-0.15, -0.1) is 0 Å². The lowest BCUT2D eigenvalue weighted by Crippen LogP contribution is -2.23. The molecule has 3 rings (SSSR count). The van der Waals surface area contributed by atoms with E-state index in [0.717, 1.165) is 42.0 Å². The smallest absolute Gasteiger partial charge is 0.231 e. The number of fused-ring (bicyclic) bond motifs is 1. The van der Waals surface area contributed by atoms with Crippen molar-refractivity contribution >= 4 is 15.9 Å². The molecule has 0 bridgehead atoms. The molecule has 5 heteroatoms. The topological polar surface area (TPSA) is 45.5 Å². The van der Waals surface area contributed by atoms with Crippen LogP contribution in [0.1, 0.15) is 30.0 Å². The molecule has 0 aliphatic carbocycles. The Balaban J connectivity index is 1.75. The van der Waals surface area contributed by atoms with Crippen LogP contribution in [-0.4, -0.2) is 18.2 Å². The Bertz CT molecular complexity index is 753. The molecule has 4 nitrogen and oxygen atoms in total. The van der Waals surface area contributed by atoms with Crippen LogP contribution >= 0.6 is 15.9 Å². The van der Waals surface area contributed by atoms with Gasteiger partial charge in [-0.3, -0.25) is 4.90 Å². The van der Waals surface area contributed by atoms with Gasteiger partial charge in [0, 0.05) is 17.6 Å². The summed E-state index contributed by atoms with van der Waals surface area (Å²) in [6.07, 6.45) is 1.08. The van der Waals surface area contributed by atoms with Crippen molar-refractivity contribution in [1.82, 2.24) is 4.90 Å². The molecule has 24 heavy (non-hydrogen) atoms. The van der Waals surface area contributed by atoms with E-state index in [1.807, 2.05) is 36.4 Å². The third-order valence-electron chi connectivity index (χ3n) is 3.96. The molecule has 2 aromatic carbocycles. The first-order valence-electron chi connectivity index (χ1n) is 7.99. The lowest BCUT2D eigenvalue weighted by molar-refractivity contribution is 0.174. The lowest BCUT2D eigenvalue weighted by atomic mass is 10.1. The van der Waals surface area contributed by atoms with Crippen LogP contribution in [0.3, 0.4) is 0 Å². The number of halogens is 1. The fraction of sp³-hybridized carbons (Fsp3) is 0.316. The normalized spacial score (nSPS) is 12.4. The van der Waals surface area contributed by atoms with Crippen LogP contribution in [-0.2, 0) is 13.1 Å². The number of benzene rings is 2. The largest absolute Gasteiger partial charge is 0.454 e. The van der Waals surface area contributed by atoms with Crippen molar-refractivity contribution < 1.29 is 9.47 Å². The van der Waals surface area contributed by atoms with Crippen LogP contribution in [0.4, 0.5) is 0 Å². The fourth-order valence-corrected chi connectivity index (χ4v) is 3.24. The van der Waals surface area contributed by atoms with Crippen LogP contribution in [0.25, 0.3) is 0 Å². The van der Waals surface area contributed by atoms with Gasteiger partial charge < -0.3 is 9.47 Å². The molecule has 0 aromatic heterocycles. The van der Waals surface area contributed by atoms with Crippen molar-refractivity contribution in [2.45, 2.75) is 26.4 Å². The molecule has 0 atom stereocenters. The average Bonchev–Trinajstić information content (AvgIpc) is 3.03. The Morgan fingerprint density at radius 1 is 1.12 bits per heavy atom. The first-order valence-corrected chi connectivity index (χ1v) is 8.78. The molecule has 0 spiro atoms. The molecule has 0 unspecified atom stereocenters. The molecule has 124 valence electrons. The highest BCUT2D eigenvalue weighted by molar-refractivity contribution is 9.10. The number of hydrogen-bond donors (Lipinski definition) is 0. The summed E-state index contributed by atoms with van der Waals surface area (Å²) in [4.78, 5) is 2.39. The molecule has 1 aliphatic rings. The maximum atomic E-state index is 8.91. The van der Waals surface area contributed by atoms with E-state index >= 15 is 0 Å². The molecule has 1 heterocycles. The van der Waals surface area contributed by atoms with Crippen molar-refractivity contribution in [2.24, 2.45) is 0 Å². The standard InChI is InChI=1S/C19H19BrN2O2/c1-2-7-22(11-15-5-3-14(10-21)4-6-15)12-16-8-18-19(9-17(16)20)24-13-23-18/h3-6,8-9H,2,7,11-13H2,1H3. The maximum absolute atomic E-state index is 8.91. The second kappa shape index (κ2) is 7.69. The van der Waals surface area contributed by atoms with E-state index < -0.39 is 0 Å². The Labute approximate surface area is 150 Å². The third kappa shape index (κ3) is 3.89. The van der Waals surface area contributed by atoms with E-state index in [1.54, 1.807) is 0 Å². The third-order valence-corrected chi connectivity index (χ3v) is 4.70. The van der Waals surface area contributed by atoms with Crippen LogP contribution in [0.2, 0.25) is 0 Å². The van der Waals surface area contributed by atoms with Crippen molar-refractivity contribution in [3.05, 3.63) is 57.6 Å². The summed E-state index contributed by atoms with van der Waals surface area (Å²) in [6, 6.07) is 14.0. The second-order valence-electron chi connectivity index (χ2n) is 5.82. The molecule has 0 N–H and O–H groups in total. The van der Waals surface area contributed by atoms with E-state index in [1.165, 1.54) is 11.1 Å². The Morgan fingerprint density at radius 3 is 2.50 bits per heavy atom. The van der Waals surface area contributed by atoms with E-state index in [-0.39, 0.29) is 6.79 Å². The molecular weight excluding hydrogens is 368 g/mol. The summed E-state index contributed by atoms with van der Waals surface area (Å²) < 4.78 is 11.9. The summed E-state index contributed by atoms with van der Waals surface area (Å²) in [6.45, 7) is 5.14. The van der Waals surface area contributed by atoms with Crippen molar-refractivity contribution in [3.8, 4) is 17.6 Å². The van der Waals surface area contributed by atoms with Crippen LogP contribution in [0.15, 0.2) is 40.9 Å². The van der Waals surface area contributed by atoms with E-state index in [4.69, 9.17) is 14.7 Å². The zero-order chi connectivity index (χ0) is 16.9. The molecule has 0 radical (unpaired) electrons. The first-order chi connectivity index (χ1) is 11.7. The number of nitrogens with zero attached hydrogens (tertiary/aromatic N) is 2. The SMILES string of the molecule is CCCN(Cc1ccc(C#N)cc1)Cc1cc2c(cc1Br)OCO2. The van der Waals surface area contributed by atoms with Gasteiger partial charge in [0.2, 0.25) is 6.79 Å². The van der Waals surface area contributed by atoms with Gasteiger partial charge in [-0.1, -0.05) is 35.0 Å². The second-order valence-corrected chi connectivity index (χ2v) is 6.67. The van der Waals surface area contributed by atoms with Crippen molar-refractivity contribution in [2.75, 3.05) is 13.3 Å². The highest BCUT2D eigenvalue weighted by atomic mass is 79.9. The molecule has 2 aromatic rings. The van der Waals surface area contributed by atoms with Gasteiger partial charge >= 0.3 is 0 Å². The predicted molar refractivity (Wildman–Crippen MR) is 95.8 cm³/mol. The fourth-order valence-electron chi connectivity index (χ4n) is 2.79. The van der Waals surface area contributed by atoms with Gasteiger partial charge in [0.05, 0.1) is 11.6 Å². The van der Waals surface area contributed by atoms with Crippen LogP contribution < -0.4 is 9.47 Å². The minimum absolute atomic E-state index is 0.287. The van der Waals surface area contributed by atoms with E-state index in [0.29, 0.717) is 5.56 Å². The zero-order valence-electron chi connectivity index (χ0n) is 13.6. The van der Waals surface area contributed by atoms with Crippen molar-refractivity contribution in [1.29, 1.82) is 5.26 Å². The first kappa shape index (κ1) is 16.8. The molecule has 0 saturated heterocycles. The van der Waals surface area contributed by atoms with Gasteiger partial charge in [-0.05, 0) is 48.4 Å². The average molecular weight is 387 g/mol. The van der Waals surface area contributed by atoms with Gasteiger partial charge in [0.15, 0.2) is 11.5 Å². The van der Waals surface area contributed by atoms with Gasteiger partial charge in [-0.2, -0.15) is 5.26 Å². The minimum atomic E-state index is 0.287. The molecule has 1 aliphatic heterocycles. The van der Waals surface area contributed by atoms with E-state index in [9.17, 15) is 0 Å². The number of hydrogen-bond acceptors (Lipinski definition) is 4. The Morgan fingerprint density at radius 2 is 1.83 bits per heavy atom. The summed E-state index contributed by atoms with van der Waals surface area (Å²) in [7, 11) is 0. The molecule has 0 saturated carbocycles. The van der Waals surface area contributed by atoms with E-state index in [2.05, 4.69) is 33.8 Å². The number of nitriles is 1. The van der Waals surface area contributed by atoms with Crippen LogP contribution in [0, 0.1) is 11.3 Å². The quantitative estimate of drug-likeness (QED) is 0.734. The highest BCUT2D eigenvalue weighted by Crippen LogP contribution is 2.37. The Hall–Kier alpha value is -2.03. The predicted octanol–water partition coefficient (Wildman–Crippen LogP) is 4.46. The summed E-state index contributed by atoms with van der Waals surface area (Å²) in [5, 5.41) is 8.91. The zero-order valence-corrected chi connectivity index (χ0v) is 15.2. The summed E-state index contributed by atoms with van der Waals surface area (Å²) in [5.41, 5.74) is 3.08. The number of ether oxygens (including phenoxy) is 2. The molecule has 0 amide bonds. The van der Waals surface area contributed by atoms with Gasteiger partial charge in [-0.25, -0.2) is 0 Å².